The van der Waals surface area contributed by atoms with Gasteiger partial charge in [-0.05, 0) is 37.1 Å². The maximum Gasteiger partial charge on any atom is 0.347 e. The summed E-state index contributed by atoms with van der Waals surface area (Å²) in [7, 11) is 0. The molecule has 0 saturated carbocycles. The molecule has 3 nitrogen and oxygen atoms in total. The largest absolute Gasteiger partial charge is 0.507 e. The summed E-state index contributed by atoms with van der Waals surface area (Å²) in [4.78, 5) is 11.9. The average molecular weight is 240 g/mol. The quantitative estimate of drug-likeness (QED) is 0.484. The van der Waals surface area contributed by atoms with E-state index in [-0.39, 0.29) is 11.1 Å². The zero-order valence-corrected chi connectivity index (χ0v) is 10.2. The molecule has 0 aliphatic heterocycles. The second-order valence-corrected chi connectivity index (χ2v) is 4.54. The van der Waals surface area contributed by atoms with Crippen molar-refractivity contribution in [2.24, 2.45) is 0 Å². The Hall–Kier alpha value is -2.29. The van der Waals surface area contributed by atoms with Crippen molar-refractivity contribution in [1.82, 2.24) is 0 Å². The number of phenolic OH excluding ortho intramolecular Hbond substituents is 1. The predicted molar refractivity (Wildman–Crippen MR) is 71.1 cm³/mol. The van der Waals surface area contributed by atoms with Gasteiger partial charge in [0.15, 0.2) is 0 Å². The topological polar surface area (TPSA) is 50.4 Å². The van der Waals surface area contributed by atoms with Gasteiger partial charge in [-0.15, -0.1) is 0 Å². The molecule has 1 heterocycles. The van der Waals surface area contributed by atoms with Crippen molar-refractivity contribution in [3.05, 3.63) is 51.9 Å². The number of hydrogen-bond acceptors (Lipinski definition) is 3. The Labute approximate surface area is 103 Å². The summed E-state index contributed by atoms with van der Waals surface area (Å²) < 4.78 is 5.30. The Kier molecular flexibility index (Phi) is 2.17. The molecule has 3 rings (SSSR count). The molecule has 0 unspecified atom stereocenters. The van der Waals surface area contributed by atoms with Crippen molar-refractivity contribution in [2.45, 2.75) is 13.8 Å². The van der Waals surface area contributed by atoms with Gasteiger partial charge in [0.2, 0.25) is 0 Å². The van der Waals surface area contributed by atoms with Crippen LogP contribution in [0.3, 0.4) is 0 Å². The van der Waals surface area contributed by atoms with Crippen LogP contribution in [0, 0.1) is 13.8 Å². The molecule has 0 amide bonds. The van der Waals surface area contributed by atoms with Gasteiger partial charge < -0.3 is 9.52 Å². The minimum Gasteiger partial charge on any atom is -0.507 e. The van der Waals surface area contributed by atoms with E-state index in [0.717, 1.165) is 21.9 Å². The molecule has 1 aromatic heterocycles. The molecule has 0 spiro atoms. The second-order valence-electron chi connectivity index (χ2n) is 4.54. The Morgan fingerprint density at radius 3 is 2.67 bits per heavy atom. The molecule has 0 saturated heterocycles. The number of aromatic hydroxyl groups is 1. The summed E-state index contributed by atoms with van der Waals surface area (Å²) in [6, 6.07) is 8.93. The van der Waals surface area contributed by atoms with Gasteiger partial charge in [0.1, 0.15) is 16.7 Å². The lowest BCUT2D eigenvalue weighted by Crippen LogP contribution is -2.01. The molecule has 0 aliphatic rings. The van der Waals surface area contributed by atoms with Gasteiger partial charge in [0, 0.05) is 10.8 Å². The molecule has 0 radical (unpaired) electrons. The zero-order valence-electron chi connectivity index (χ0n) is 10.2. The summed E-state index contributed by atoms with van der Waals surface area (Å²) in [5.41, 5.74) is 2.14. The van der Waals surface area contributed by atoms with Crippen LogP contribution in [0.4, 0.5) is 0 Å². The minimum absolute atomic E-state index is 0.0388. The lowest BCUT2D eigenvalue weighted by atomic mass is 10.0. The molecule has 0 atom stereocenters. The van der Waals surface area contributed by atoms with E-state index in [1.807, 2.05) is 32.0 Å². The summed E-state index contributed by atoms with van der Waals surface area (Å²) in [6.07, 6.45) is 0. The van der Waals surface area contributed by atoms with E-state index >= 15 is 0 Å². The number of phenols is 1. The van der Waals surface area contributed by atoms with Crippen LogP contribution in [0.2, 0.25) is 0 Å². The van der Waals surface area contributed by atoms with Crippen molar-refractivity contribution in [3.63, 3.8) is 0 Å². The molecular weight excluding hydrogens is 228 g/mol. The van der Waals surface area contributed by atoms with Gasteiger partial charge in [0.25, 0.3) is 0 Å². The highest BCUT2D eigenvalue weighted by Crippen LogP contribution is 2.30. The van der Waals surface area contributed by atoms with Crippen LogP contribution >= 0.6 is 0 Å². The second kappa shape index (κ2) is 3.60. The molecule has 0 aliphatic carbocycles. The molecule has 1 N–H and O–H groups in total. The number of benzene rings is 2. The van der Waals surface area contributed by atoms with Crippen molar-refractivity contribution in [3.8, 4) is 5.75 Å². The van der Waals surface area contributed by atoms with Crippen LogP contribution in [0.5, 0.6) is 5.75 Å². The maximum absolute atomic E-state index is 11.9. The third-order valence-corrected chi connectivity index (χ3v) is 3.16. The SMILES string of the molecule is Cc1cc(C)c2c(c1)oc(=O)c1c(O)cccc12. The number of fused-ring (bicyclic) bond motifs is 3. The van der Waals surface area contributed by atoms with Gasteiger partial charge in [0.05, 0.1) is 0 Å². The maximum atomic E-state index is 11.9. The highest BCUT2D eigenvalue weighted by atomic mass is 16.4. The molecule has 3 aromatic rings. The van der Waals surface area contributed by atoms with E-state index in [1.54, 1.807) is 6.07 Å². The number of rotatable bonds is 0. The first-order valence-electron chi connectivity index (χ1n) is 5.73. The first-order chi connectivity index (χ1) is 8.58. The molecular formula is C15H12O3. The van der Waals surface area contributed by atoms with Crippen molar-refractivity contribution >= 4 is 21.7 Å². The molecule has 90 valence electrons. The minimum atomic E-state index is -0.499. The van der Waals surface area contributed by atoms with Crippen LogP contribution in [-0.2, 0) is 0 Å². The summed E-state index contributed by atoms with van der Waals surface area (Å²) in [5, 5.41) is 11.7. The molecule has 18 heavy (non-hydrogen) atoms. The molecule has 2 aromatic carbocycles. The van der Waals surface area contributed by atoms with Gasteiger partial charge in [-0.3, -0.25) is 0 Å². The highest BCUT2D eigenvalue weighted by molar-refractivity contribution is 6.07. The average Bonchev–Trinajstić information content (AvgIpc) is 2.27. The summed E-state index contributed by atoms with van der Waals surface area (Å²) in [5.74, 6) is -0.0388. The standard InChI is InChI=1S/C15H12O3/c1-8-6-9(2)13-10-4-3-5-11(16)14(10)15(17)18-12(13)7-8/h3-7,16H,1-2H3. The number of hydrogen-bond donors (Lipinski definition) is 1. The third kappa shape index (κ3) is 1.40. The fraction of sp³-hybridized carbons (Fsp3) is 0.133. The summed E-state index contributed by atoms with van der Waals surface area (Å²) >= 11 is 0. The summed E-state index contributed by atoms with van der Waals surface area (Å²) in [6.45, 7) is 3.93. The van der Waals surface area contributed by atoms with Crippen molar-refractivity contribution in [2.75, 3.05) is 0 Å². The van der Waals surface area contributed by atoms with E-state index in [2.05, 4.69) is 0 Å². The van der Waals surface area contributed by atoms with E-state index in [4.69, 9.17) is 4.42 Å². The highest BCUT2D eigenvalue weighted by Gasteiger charge is 2.12. The lowest BCUT2D eigenvalue weighted by molar-refractivity contribution is 0.477. The molecule has 0 fully saturated rings. The van der Waals surface area contributed by atoms with Crippen LogP contribution in [-0.4, -0.2) is 5.11 Å². The van der Waals surface area contributed by atoms with Gasteiger partial charge in [-0.2, -0.15) is 0 Å². The Bertz CT molecular complexity index is 828. The fourth-order valence-corrected chi connectivity index (χ4v) is 2.47. The zero-order chi connectivity index (χ0) is 12.9. The predicted octanol–water partition coefficient (Wildman–Crippen LogP) is 3.27. The van der Waals surface area contributed by atoms with E-state index in [9.17, 15) is 9.90 Å². The van der Waals surface area contributed by atoms with Crippen LogP contribution < -0.4 is 5.63 Å². The van der Waals surface area contributed by atoms with Crippen molar-refractivity contribution in [1.29, 1.82) is 0 Å². The van der Waals surface area contributed by atoms with Gasteiger partial charge in [-0.25, -0.2) is 4.79 Å². The first-order valence-corrected chi connectivity index (χ1v) is 5.73. The van der Waals surface area contributed by atoms with E-state index in [1.165, 1.54) is 6.07 Å². The normalized spacial score (nSPS) is 11.2. The van der Waals surface area contributed by atoms with Crippen molar-refractivity contribution < 1.29 is 9.52 Å². The Balaban J connectivity index is 2.70. The van der Waals surface area contributed by atoms with Crippen LogP contribution in [0.15, 0.2) is 39.5 Å². The lowest BCUT2D eigenvalue weighted by Gasteiger charge is -2.07. The third-order valence-electron chi connectivity index (χ3n) is 3.16. The first kappa shape index (κ1) is 10.8. The number of aryl methyl sites for hydroxylation is 2. The van der Waals surface area contributed by atoms with Gasteiger partial charge in [-0.1, -0.05) is 18.2 Å². The van der Waals surface area contributed by atoms with Crippen LogP contribution in [0.25, 0.3) is 21.7 Å². The molecule has 3 heteroatoms. The van der Waals surface area contributed by atoms with Gasteiger partial charge >= 0.3 is 5.63 Å². The van der Waals surface area contributed by atoms with E-state index in [0.29, 0.717) is 5.58 Å². The molecule has 0 bridgehead atoms. The Morgan fingerprint density at radius 2 is 1.89 bits per heavy atom. The van der Waals surface area contributed by atoms with E-state index < -0.39 is 5.63 Å². The fourth-order valence-electron chi connectivity index (χ4n) is 2.47. The smallest absolute Gasteiger partial charge is 0.347 e. The Morgan fingerprint density at radius 1 is 1.11 bits per heavy atom. The van der Waals surface area contributed by atoms with Crippen LogP contribution in [0.1, 0.15) is 11.1 Å². The monoisotopic (exact) mass is 240 g/mol.